The molecule has 0 bridgehead atoms. The van der Waals surface area contributed by atoms with Crippen molar-refractivity contribution in [2.45, 2.75) is 32.1 Å². The van der Waals surface area contributed by atoms with E-state index in [-0.39, 0.29) is 0 Å². The van der Waals surface area contributed by atoms with Crippen LogP contribution in [0.2, 0.25) is 0 Å². The summed E-state index contributed by atoms with van der Waals surface area (Å²) in [7, 11) is 3.72. The zero-order valence-electron chi connectivity index (χ0n) is 10.5. The van der Waals surface area contributed by atoms with Gasteiger partial charge in [-0.3, -0.25) is 0 Å². The Balaban J connectivity index is 2.12. The van der Waals surface area contributed by atoms with E-state index in [4.69, 9.17) is 4.74 Å². The maximum atomic E-state index is 5.13. The summed E-state index contributed by atoms with van der Waals surface area (Å²) in [6.45, 7) is 1.14. The van der Waals surface area contributed by atoms with Crippen LogP contribution in [0.3, 0.4) is 0 Å². The molecule has 2 nitrogen and oxygen atoms in total. The molecule has 0 amide bonds. The zero-order chi connectivity index (χ0) is 11.6. The van der Waals surface area contributed by atoms with Crippen LogP contribution in [0.15, 0.2) is 24.3 Å². The van der Waals surface area contributed by atoms with Crippen LogP contribution in [-0.4, -0.2) is 20.7 Å². The highest BCUT2D eigenvalue weighted by Gasteiger charge is 1.95. The predicted molar refractivity (Wildman–Crippen MR) is 69.1 cm³/mol. The lowest BCUT2D eigenvalue weighted by Gasteiger charge is -2.03. The van der Waals surface area contributed by atoms with Crippen molar-refractivity contribution in [3.8, 4) is 5.75 Å². The third-order valence-electron chi connectivity index (χ3n) is 2.80. The maximum absolute atomic E-state index is 5.13. The van der Waals surface area contributed by atoms with Crippen LogP contribution < -0.4 is 10.1 Å². The first-order valence-corrected chi connectivity index (χ1v) is 6.14. The molecular weight excluding hydrogens is 198 g/mol. The fourth-order valence-electron chi connectivity index (χ4n) is 1.78. The van der Waals surface area contributed by atoms with Crippen LogP contribution in [0.25, 0.3) is 0 Å². The Kier molecular flexibility index (Phi) is 6.66. The summed E-state index contributed by atoms with van der Waals surface area (Å²) in [5, 5.41) is 3.18. The van der Waals surface area contributed by atoms with Crippen molar-refractivity contribution >= 4 is 0 Å². The Morgan fingerprint density at radius 2 is 1.69 bits per heavy atom. The number of benzene rings is 1. The van der Waals surface area contributed by atoms with Crippen LogP contribution >= 0.6 is 0 Å². The van der Waals surface area contributed by atoms with Crippen molar-refractivity contribution < 1.29 is 4.74 Å². The number of nitrogens with one attached hydrogen (secondary N) is 1. The van der Waals surface area contributed by atoms with Crippen LogP contribution in [0.5, 0.6) is 5.75 Å². The molecule has 0 atom stereocenters. The lowest BCUT2D eigenvalue weighted by atomic mass is 10.1. The van der Waals surface area contributed by atoms with E-state index in [1.54, 1.807) is 7.11 Å². The second-order valence-electron chi connectivity index (χ2n) is 4.12. The molecule has 1 N–H and O–H groups in total. The maximum Gasteiger partial charge on any atom is 0.118 e. The highest BCUT2D eigenvalue weighted by Crippen LogP contribution is 2.13. The van der Waals surface area contributed by atoms with Crippen LogP contribution in [-0.2, 0) is 6.42 Å². The van der Waals surface area contributed by atoms with Gasteiger partial charge in [0.05, 0.1) is 7.11 Å². The van der Waals surface area contributed by atoms with Gasteiger partial charge in [-0.2, -0.15) is 0 Å². The number of ether oxygens (including phenoxy) is 1. The van der Waals surface area contributed by atoms with E-state index in [2.05, 4.69) is 17.4 Å². The Hall–Kier alpha value is -1.02. The molecule has 16 heavy (non-hydrogen) atoms. The summed E-state index contributed by atoms with van der Waals surface area (Å²) < 4.78 is 5.13. The summed E-state index contributed by atoms with van der Waals surface area (Å²) in [5.74, 6) is 0.942. The van der Waals surface area contributed by atoms with Crippen LogP contribution in [0.1, 0.15) is 31.2 Å². The molecule has 0 saturated carbocycles. The van der Waals surface area contributed by atoms with Gasteiger partial charge in [0.25, 0.3) is 0 Å². The summed E-state index contributed by atoms with van der Waals surface area (Å²) in [5.41, 5.74) is 1.41. The quantitative estimate of drug-likeness (QED) is 0.681. The number of unbranched alkanes of at least 4 members (excludes halogenated alkanes) is 3. The molecule has 0 unspecified atom stereocenters. The molecule has 0 spiro atoms. The van der Waals surface area contributed by atoms with Crippen molar-refractivity contribution in [3.05, 3.63) is 29.8 Å². The number of hydrogen-bond donors (Lipinski definition) is 1. The average molecular weight is 221 g/mol. The number of aryl methyl sites for hydroxylation is 1. The second-order valence-corrected chi connectivity index (χ2v) is 4.12. The first kappa shape index (κ1) is 13.0. The Morgan fingerprint density at radius 1 is 1.00 bits per heavy atom. The SMILES string of the molecule is CNCCCCCCc1ccc(OC)cc1. The average Bonchev–Trinajstić information content (AvgIpc) is 2.34. The molecule has 0 aliphatic rings. The smallest absolute Gasteiger partial charge is 0.118 e. The largest absolute Gasteiger partial charge is 0.497 e. The lowest BCUT2D eigenvalue weighted by Crippen LogP contribution is -2.06. The molecule has 0 radical (unpaired) electrons. The van der Waals surface area contributed by atoms with E-state index in [1.807, 2.05) is 19.2 Å². The summed E-state index contributed by atoms with van der Waals surface area (Å²) in [4.78, 5) is 0. The van der Waals surface area contributed by atoms with E-state index in [1.165, 1.54) is 37.7 Å². The van der Waals surface area contributed by atoms with Crippen molar-refractivity contribution in [3.63, 3.8) is 0 Å². The van der Waals surface area contributed by atoms with Gasteiger partial charge in [-0.05, 0) is 50.6 Å². The van der Waals surface area contributed by atoms with Gasteiger partial charge in [0.1, 0.15) is 5.75 Å². The molecule has 0 fully saturated rings. The van der Waals surface area contributed by atoms with Gasteiger partial charge >= 0.3 is 0 Å². The van der Waals surface area contributed by atoms with Gasteiger partial charge in [-0.15, -0.1) is 0 Å². The molecule has 1 rings (SSSR count). The molecular formula is C14H23NO. The topological polar surface area (TPSA) is 21.3 Å². The molecule has 0 aliphatic carbocycles. The molecule has 0 aromatic heterocycles. The minimum atomic E-state index is 0.942. The standard InChI is InChI=1S/C14H23NO/c1-15-12-6-4-3-5-7-13-8-10-14(16-2)11-9-13/h8-11,15H,3-7,12H2,1-2H3. The van der Waals surface area contributed by atoms with Gasteiger partial charge in [-0.25, -0.2) is 0 Å². The molecule has 0 aliphatic heterocycles. The summed E-state index contributed by atoms with van der Waals surface area (Å²) in [6.07, 6.45) is 6.42. The normalized spacial score (nSPS) is 10.4. The van der Waals surface area contributed by atoms with Crippen LogP contribution in [0.4, 0.5) is 0 Å². The highest BCUT2D eigenvalue weighted by molar-refractivity contribution is 5.27. The lowest BCUT2D eigenvalue weighted by molar-refractivity contribution is 0.414. The number of rotatable bonds is 8. The fourth-order valence-corrected chi connectivity index (χ4v) is 1.78. The molecule has 0 saturated heterocycles. The van der Waals surface area contributed by atoms with Crippen LogP contribution in [0, 0.1) is 0 Å². The van der Waals surface area contributed by atoms with E-state index in [0.29, 0.717) is 0 Å². The summed E-state index contributed by atoms with van der Waals surface area (Å²) >= 11 is 0. The van der Waals surface area contributed by atoms with Crippen molar-refractivity contribution in [1.29, 1.82) is 0 Å². The second kappa shape index (κ2) is 8.17. The first-order chi connectivity index (χ1) is 7.86. The van der Waals surface area contributed by atoms with Gasteiger partial charge in [-0.1, -0.05) is 25.0 Å². The predicted octanol–water partition coefficient (Wildman–Crippen LogP) is 3.02. The van der Waals surface area contributed by atoms with E-state index < -0.39 is 0 Å². The Bertz CT molecular complexity index is 269. The van der Waals surface area contributed by atoms with E-state index in [9.17, 15) is 0 Å². The molecule has 90 valence electrons. The third kappa shape index (κ3) is 5.17. The van der Waals surface area contributed by atoms with Gasteiger partial charge in [0, 0.05) is 0 Å². The van der Waals surface area contributed by atoms with E-state index in [0.717, 1.165) is 12.3 Å². The molecule has 1 aromatic carbocycles. The first-order valence-electron chi connectivity index (χ1n) is 6.14. The summed E-state index contributed by atoms with van der Waals surface area (Å²) in [6, 6.07) is 8.39. The minimum absolute atomic E-state index is 0.942. The molecule has 0 heterocycles. The number of hydrogen-bond acceptors (Lipinski definition) is 2. The van der Waals surface area contributed by atoms with Gasteiger partial charge in [0.2, 0.25) is 0 Å². The van der Waals surface area contributed by atoms with Crippen molar-refractivity contribution in [1.82, 2.24) is 5.32 Å². The number of methoxy groups -OCH3 is 1. The van der Waals surface area contributed by atoms with Crippen molar-refractivity contribution in [2.75, 3.05) is 20.7 Å². The van der Waals surface area contributed by atoms with Gasteiger partial charge in [0.15, 0.2) is 0 Å². The minimum Gasteiger partial charge on any atom is -0.497 e. The molecule has 2 heteroatoms. The third-order valence-corrected chi connectivity index (χ3v) is 2.80. The highest BCUT2D eigenvalue weighted by atomic mass is 16.5. The van der Waals surface area contributed by atoms with Gasteiger partial charge < -0.3 is 10.1 Å². The monoisotopic (exact) mass is 221 g/mol. The molecule has 1 aromatic rings. The fraction of sp³-hybridized carbons (Fsp3) is 0.571. The van der Waals surface area contributed by atoms with Crippen molar-refractivity contribution in [2.24, 2.45) is 0 Å². The zero-order valence-corrected chi connectivity index (χ0v) is 10.5. The Morgan fingerprint density at radius 3 is 2.31 bits per heavy atom. The van der Waals surface area contributed by atoms with E-state index >= 15 is 0 Å². The Labute approximate surface area is 99.0 Å².